The molecule has 9 nitrogen and oxygen atoms in total. The molecule has 1 saturated carbocycles. The molecule has 0 bridgehead atoms. The van der Waals surface area contributed by atoms with Crippen molar-refractivity contribution in [1.82, 2.24) is 0 Å². The molecule has 2 aliphatic rings. The Hall–Kier alpha value is -3.88. The minimum Gasteiger partial charge on any atom is -0.497 e. The van der Waals surface area contributed by atoms with Crippen LogP contribution in [0.25, 0.3) is 0 Å². The van der Waals surface area contributed by atoms with Crippen molar-refractivity contribution in [1.29, 1.82) is 0 Å². The summed E-state index contributed by atoms with van der Waals surface area (Å²) in [5.74, 6) is -0.974. The first-order chi connectivity index (χ1) is 16.8. The molecule has 9 heteroatoms. The van der Waals surface area contributed by atoms with Crippen molar-refractivity contribution in [2.45, 2.75) is 26.2 Å². The second-order valence-corrected chi connectivity index (χ2v) is 8.88. The highest BCUT2D eigenvalue weighted by atomic mass is 16.5. The molecule has 2 fully saturated rings. The highest BCUT2D eigenvalue weighted by Crippen LogP contribution is 2.42. The van der Waals surface area contributed by atoms with Crippen LogP contribution >= 0.6 is 0 Å². The number of esters is 1. The standard InChI is InChI=1S/C26H28N2O7/c1-15-7-9-19-20(11-15)25(31)28(24(19)30)17-6-4-5-16(12-17)26(32)35-14-23(29)27-21-10-8-18(33-2)13-22(21)34-3/h4-6,8,10,12-13,15,19-20H,7,9,11,14H2,1-3H3,(H,27,29)/t15-,19-,20-/m1/s1. The van der Waals surface area contributed by atoms with Crippen molar-refractivity contribution >= 4 is 35.1 Å². The van der Waals surface area contributed by atoms with E-state index in [-0.39, 0.29) is 29.2 Å². The number of benzene rings is 2. The molecule has 4 rings (SSSR count). The fourth-order valence-electron chi connectivity index (χ4n) is 4.72. The topological polar surface area (TPSA) is 111 Å². The average molecular weight is 481 g/mol. The van der Waals surface area contributed by atoms with E-state index in [0.717, 1.165) is 6.42 Å². The lowest BCUT2D eigenvalue weighted by molar-refractivity contribution is -0.122. The Morgan fingerprint density at radius 3 is 2.51 bits per heavy atom. The van der Waals surface area contributed by atoms with Crippen LogP contribution in [0.4, 0.5) is 11.4 Å². The lowest BCUT2D eigenvalue weighted by atomic mass is 9.76. The molecule has 1 heterocycles. The van der Waals surface area contributed by atoms with Crippen molar-refractivity contribution in [3.63, 3.8) is 0 Å². The van der Waals surface area contributed by atoms with E-state index in [2.05, 4.69) is 12.2 Å². The molecule has 1 N–H and O–H groups in total. The number of methoxy groups -OCH3 is 2. The second kappa shape index (κ2) is 10.2. The summed E-state index contributed by atoms with van der Waals surface area (Å²) in [5.41, 5.74) is 0.878. The molecule has 3 atom stereocenters. The third-order valence-corrected chi connectivity index (χ3v) is 6.54. The number of carbonyl (C=O) groups excluding carboxylic acids is 4. The van der Waals surface area contributed by atoms with Crippen LogP contribution in [0.15, 0.2) is 42.5 Å². The van der Waals surface area contributed by atoms with Gasteiger partial charge >= 0.3 is 5.97 Å². The summed E-state index contributed by atoms with van der Waals surface area (Å²) in [6.45, 7) is 1.57. The highest BCUT2D eigenvalue weighted by molar-refractivity contribution is 6.22. The number of amides is 3. The van der Waals surface area contributed by atoms with Crippen molar-refractivity contribution in [3.8, 4) is 11.5 Å². The van der Waals surface area contributed by atoms with Gasteiger partial charge in [-0.1, -0.05) is 13.0 Å². The van der Waals surface area contributed by atoms with Gasteiger partial charge in [0.15, 0.2) is 6.61 Å². The number of rotatable bonds is 7. The number of hydrogen-bond acceptors (Lipinski definition) is 7. The number of nitrogens with zero attached hydrogens (tertiary/aromatic N) is 1. The largest absolute Gasteiger partial charge is 0.497 e. The number of fused-ring (bicyclic) bond motifs is 1. The van der Waals surface area contributed by atoms with E-state index in [1.165, 1.54) is 31.3 Å². The Labute approximate surface area is 203 Å². The lowest BCUT2D eigenvalue weighted by Gasteiger charge is -2.25. The first-order valence-corrected chi connectivity index (χ1v) is 11.5. The zero-order valence-corrected chi connectivity index (χ0v) is 19.9. The third kappa shape index (κ3) is 4.99. The molecule has 2 aromatic rings. The second-order valence-electron chi connectivity index (χ2n) is 8.88. The normalized spacial score (nSPS) is 21.3. The number of ether oxygens (including phenoxy) is 3. The van der Waals surface area contributed by atoms with E-state index in [1.807, 2.05) is 0 Å². The smallest absolute Gasteiger partial charge is 0.338 e. The maximum atomic E-state index is 13.0. The van der Waals surface area contributed by atoms with Gasteiger partial charge in [0.1, 0.15) is 11.5 Å². The van der Waals surface area contributed by atoms with Gasteiger partial charge in [0.2, 0.25) is 11.8 Å². The Morgan fingerprint density at radius 1 is 1.00 bits per heavy atom. The Balaban J connectivity index is 1.40. The lowest BCUT2D eigenvalue weighted by Crippen LogP contribution is -2.31. The third-order valence-electron chi connectivity index (χ3n) is 6.54. The maximum absolute atomic E-state index is 13.0. The van der Waals surface area contributed by atoms with Crippen LogP contribution < -0.4 is 19.7 Å². The van der Waals surface area contributed by atoms with Gasteiger partial charge < -0.3 is 19.5 Å². The maximum Gasteiger partial charge on any atom is 0.338 e. The molecule has 0 spiro atoms. The van der Waals surface area contributed by atoms with Gasteiger partial charge in [-0.3, -0.25) is 19.3 Å². The Kier molecular flexibility index (Phi) is 7.04. The molecule has 1 aliphatic heterocycles. The first kappa shape index (κ1) is 24.3. The van der Waals surface area contributed by atoms with Crippen LogP contribution in [0.2, 0.25) is 0 Å². The van der Waals surface area contributed by atoms with Crippen LogP contribution in [0.1, 0.15) is 36.5 Å². The summed E-state index contributed by atoms with van der Waals surface area (Å²) in [4.78, 5) is 52.0. The predicted octanol–water partition coefficient (Wildman–Crippen LogP) is 3.42. The monoisotopic (exact) mass is 480 g/mol. The fourth-order valence-corrected chi connectivity index (χ4v) is 4.72. The van der Waals surface area contributed by atoms with Gasteiger partial charge in [0, 0.05) is 6.07 Å². The molecular weight excluding hydrogens is 452 g/mol. The van der Waals surface area contributed by atoms with E-state index in [9.17, 15) is 19.2 Å². The van der Waals surface area contributed by atoms with Crippen molar-refractivity contribution < 1.29 is 33.4 Å². The molecule has 0 unspecified atom stereocenters. The number of imide groups is 1. The van der Waals surface area contributed by atoms with E-state index in [4.69, 9.17) is 14.2 Å². The van der Waals surface area contributed by atoms with Crippen molar-refractivity contribution in [3.05, 3.63) is 48.0 Å². The van der Waals surface area contributed by atoms with E-state index < -0.39 is 18.5 Å². The first-order valence-electron chi connectivity index (χ1n) is 11.5. The summed E-state index contributed by atoms with van der Waals surface area (Å²) in [6, 6.07) is 11.1. The summed E-state index contributed by atoms with van der Waals surface area (Å²) < 4.78 is 15.5. The van der Waals surface area contributed by atoms with Crippen LogP contribution in [-0.2, 0) is 19.1 Å². The fraction of sp³-hybridized carbons (Fsp3) is 0.385. The predicted molar refractivity (Wildman–Crippen MR) is 127 cm³/mol. The van der Waals surface area contributed by atoms with Gasteiger partial charge in [0.05, 0.1) is 43.0 Å². The quantitative estimate of drug-likeness (QED) is 0.477. The molecule has 0 aromatic heterocycles. The molecular formula is C26H28N2O7. The van der Waals surface area contributed by atoms with Crippen molar-refractivity contribution in [2.75, 3.05) is 31.0 Å². The molecule has 1 saturated heterocycles. The highest BCUT2D eigenvalue weighted by Gasteiger charge is 2.50. The van der Waals surface area contributed by atoms with E-state index in [1.54, 1.807) is 30.3 Å². The number of carbonyl (C=O) groups is 4. The zero-order chi connectivity index (χ0) is 25.1. The Morgan fingerprint density at radius 2 is 1.77 bits per heavy atom. The van der Waals surface area contributed by atoms with Crippen LogP contribution in [-0.4, -0.2) is 44.5 Å². The molecule has 1 aliphatic carbocycles. The number of anilines is 2. The van der Waals surface area contributed by atoms with Gasteiger partial charge in [-0.05, 0) is 55.5 Å². The Bertz CT molecular complexity index is 1160. The summed E-state index contributed by atoms with van der Waals surface area (Å²) >= 11 is 0. The van der Waals surface area contributed by atoms with Crippen LogP contribution in [0.5, 0.6) is 11.5 Å². The number of nitrogens with one attached hydrogen (secondary N) is 1. The molecule has 184 valence electrons. The van der Waals surface area contributed by atoms with E-state index >= 15 is 0 Å². The summed E-state index contributed by atoms with van der Waals surface area (Å²) in [7, 11) is 2.98. The van der Waals surface area contributed by atoms with Gasteiger partial charge in [-0.25, -0.2) is 4.79 Å². The van der Waals surface area contributed by atoms with Crippen LogP contribution in [0.3, 0.4) is 0 Å². The minimum absolute atomic E-state index is 0.140. The molecule has 35 heavy (non-hydrogen) atoms. The van der Waals surface area contributed by atoms with Gasteiger partial charge in [0.25, 0.3) is 5.91 Å². The minimum atomic E-state index is -0.742. The molecule has 0 radical (unpaired) electrons. The van der Waals surface area contributed by atoms with E-state index in [0.29, 0.717) is 41.6 Å². The number of hydrogen-bond donors (Lipinski definition) is 1. The summed E-state index contributed by atoms with van der Waals surface area (Å²) in [5, 5.41) is 2.63. The van der Waals surface area contributed by atoms with Crippen molar-refractivity contribution in [2.24, 2.45) is 17.8 Å². The summed E-state index contributed by atoms with van der Waals surface area (Å²) in [6.07, 6.45) is 2.31. The molecule has 2 aromatic carbocycles. The molecule has 3 amide bonds. The van der Waals surface area contributed by atoms with Gasteiger partial charge in [-0.2, -0.15) is 0 Å². The zero-order valence-electron chi connectivity index (χ0n) is 19.9. The average Bonchev–Trinajstić information content (AvgIpc) is 3.11. The SMILES string of the molecule is COc1ccc(NC(=O)COC(=O)c2cccc(N3C(=O)[C@@H]4CC[C@@H](C)C[C@H]4C3=O)c2)c(OC)c1. The van der Waals surface area contributed by atoms with Gasteiger partial charge in [-0.15, -0.1) is 0 Å². The van der Waals surface area contributed by atoms with Crippen LogP contribution in [0, 0.1) is 17.8 Å².